The molecule has 0 spiro atoms. The Morgan fingerprint density at radius 3 is 2.07 bits per heavy atom. The fraction of sp³-hybridized carbons (Fsp3) is 1.00. The maximum atomic E-state index is 9.34. The zero-order valence-corrected chi connectivity index (χ0v) is 11.5. The Morgan fingerprint density at radius 2 is 1.53 bits per heavy atom. The van der Waals surface area contributed by atoms with Crippen LogP contribution in [0.2, 0.25) is 0 Å². The summed E-state index contributed by atoms with van der Waals surface area (Å²) in [6, 6.07) is 0. The van der Waals surface area contributed by atoms with E-state index in [0.717, 1.165) is 19.3 Å². The third kappa shape index (κ3) is 12.5. The predicted octanol–water partition coefficient (Wildman–Crippen LogP) is 2.41. The molecule has 0 aliphatic rings. The zero-order chi connectivity index (χ0) is 10.9. The summed E-state index contributed by atoms with van der Waals surface area (Å²) < 4.78 is 4.90. The standard InChI is InChI=1S/C11H24O3.Ti/c1-3-5-6-7-8-9-11(12,13)14-10-4-2;/h12-13H,3-10H2,1-2H3;. The van der Waals surface area contributed by atoms with Gasteiger partial charge < -0.3 is 14.9 Å². The zero-order valence-electron chi connectivity index (χ0n) is 9.96. The first-order valence-corrected chi connectivity index (χ1v) is 5.71. The Morgan fingerprint density at radius 1 is 0.933 bits per heavy atom. The van der Waals surface area contributed by atoms with Crippen LogP contribution in [0.5, 0.6) is 0 Å². The summed E-state index contributed by atoms with van der Waals surface area (Å²) in [6.45, 7) is 4.51. The summed E-state index contributed by atoms with van der Waals surface area (Å²) in [4.78, 5) is 0. The van der Waals surface area contributed by atoms with Crippen LogP contribution in [0.4, 0.5) is 0 Å². The van der Waals surface area contributed by atoms with Crippen LogP contribution >= 0.6 is 0 Å². The van der Waals surface area contributed by atoms with Gasteiger partial charge in [-0.25, -0.2) is 0 Å². The quantitative estimate of drug-likeness (QED) is 0.376. The Bertz CT molecular complexity index is 129. The van der Waals surface area contributed by atoms with E-state index in [2.05, 4.69) is 6.92 Å². The van der Waals surface area contributed by atoms with Gasteiger partial charge in [-0.05, 0) is 12.8 Å². The molecule has 3 nitrogen and oxygen atoms in total. The normalized spacial score (nSPS) is 11.2. The molecule has 4 heteroatoms. The first kappa shape index (κ1) is 18.0. The molecule has 0 aliphatic carbocycles. The summed E-state index contributed by atoms with van der Waals surface area (Å²) in [5.74, 6) is -1.90. The van der Waals surface area contributed by atoms with Crippen LogP contribution in [0.1, 0.15) is 58.8 Å². The minimum absolute atomic E-state index is 0. The summed E-state index contributed by atoms with van der Waals surface area (Å²) in [7, 11) is 0. The van der Waals surface area contributed by atoms with E-state index in [0.29, 0.717) is 13.0 Å². The van der Waals surface area contributed by atoms with Gasteiger partial charge in [0.05, 0.1) is 6.61 Å². The minimum atomic E-state index is -1.90. The fourth-order valence-electron chi connectivity index (χ4n) is 1.30. The van der Waals surface area contributed by atoms with Crippen molar-refractivity contribution >= 4 is 0 Å². The largest absolute Gasteiger partial charge is 0.343 e. The molecule has 0 heterocycles. The van der Waals surface area contributed by atoms with Crippen LogP contribution in [-0.4, -0.2) is 22.8 Å². The summed E-state index contributed by atoms with van der Waals surface area (Å²) in [5, 5.41) is 18.7. The average Bonchev–Trinajstić information content (AvgIpc) is 2.15. The van der Waals surface area contributed by atoms with Crippen molar-refractivity contribution in [3.8, 4) is 0 Å². The van der Waals surface area contributed by atoms with Crippen LogP contribution in [0.3, 0.4) is 0 Å². The molecule has 0 radical (unpaired) electrons. The molecule has 15 heavy (non-hydrogen) atoms. The van der Waals surface area contributed by atoms with Crippen molar-refractivity contribution in [1.82, 2.24) is 0 Å². The van der Waals surface area contributed by atoms with E-state index in [-0.39, 0.29) is 21.7 Å². The van der Waals surface area contributed by atoms with E-state index in [4.69, 9.17) is 4.74 Å². The van der Waals surface area contributed by atoms with E-state index in [1.807, 2.05) is 6.92 Å². The molecular weight excluding hydrogens is 228 g/mol. The first-order chi connectivity index (χ1) is 6.62. The number of ether oxygens (including phenoxy) is 1. The van der Waals surface area contributed by atoms with Gasteiger partial charge in [0.2, 0.25) is 0 Å². The molecule has 0 amide bonds. The van der Waals surface area contributed by atoms with Crippen LogP contribution < -0.4 is 0 Å². The first-order valence-electron chi connectivity index (χ1n) is 5.71. The SMILES string of the molecule is CCCCCCCC(O)(O)OCCC.[Ti]. The number of hydrogen-bond acceptors (Lipinski definition) is 3. The van der Waals surface area contributed by atoms with Gasteiger partial charge in [0, 0.05) is 28.1 Å². The number of rotatable bonds is 9. The molecule has 0 aliphatic heterocycles. The van der Waals surface area contributed by atoms with Crippen molar-refractivity contribution < 1.29 is 36.7 Å². The monoisotopic (exact) mass is 252 g/mol. The maximum absolute atomic E-state index is 9.34. The fourth-order valence-corrected chi connectivity index (χ4v) is 1.30. The van der Waals surface area contributed by atoms with Crippen molar-refractivity contribution in [2.45, 2.75) is 64.8 Å². The Balaban J connectivity index is 0. The molecule has 0 saturated carbocycles. The van der Waals surface area contributed by atoms with Gasteiger partial charge in [0.1, 0.15) is 0 Å². The van der Waals surface area contributed by atoms with Gasteiger partial charge in [-0.1, -0.05) is 39.5 Å². The van der Waals surface area contributed by atoms with E-state index < -0.39 is 5.97 Å². The Kier molecular flexibility index (Phi) is 13.3. The second-order valence-electron chi connectivity index (χ2n) is 3.76. The van der Waals surface area contributed by atoms with Gasteiger partial charge in [-0.15, -0.1) is 0 Å². The summed E-state index contributed by atoms with van der Waals surface area (Å²) in [5.41, 5.74) is 0. The molecule has 0 bridgehead atoms. The van der Waals surface area contributed by atoms with Crippen LogP contribution in [0.25, 0.3) is 0 Å². The topological polar surface area (TPSA) is 49.7 Å². The summed E-state index contributed by atoms with van der Waals surface area (Å²) in [6.07, 6.45) is 6.58. The minimum Gasteiger partial charge on any atom is -0.343 e. The second kappa shape index (κ2) is 11.1. The molecule has 90 valence electrons. The maximum Gasteiger partial charge on any atom is 0.277 e. The molecule has 0 aromatic heterocycles. The molecular formula is C11H24O3Ti. The van der Waals surface area contributed by atoms with Gasteiger partial charge in [0.25, 0.3) is 5.97 Å². The third-order valence-corrected chi connectivity index (χ3v) is 2.14. The summed E-state index contributed by atoms with van der Waals surface area (Å²) >= 11 is 0. The van der Waals surface area contributed by atoms with E-state index >= 15 is 0 Å². The molecule has 0 fully saturated rings. The van der Waals surface area contributed by atoms with Crippen molar-refractivity contribution in [2.24, 2.45) is 0 Å². The Labute approximate surface area is 108 Å². The van der Waals surface area contributed by atoms with Gasteiger partial charge in [-0.3, -0.25) is 0 Å². The molecule has 0 aromatic carbocycles. The molecule has 0 atom stereocenters. The average molecular weight is 252 g/mol. The van der Waals surface area contributed by atoms with Crippen molar-refractivity contribution in [3.63, 3.8) is 0 Å². The van der Waals surface area contributed by atoms with E-state index in [9.17, 15) is 10.2 Å². The van der Waals surface area contributed by atoms with Gasteiger partial charge in [-0.2, -0.15) is 0 Å². The number of unbranched alkanes of at least 4 members (excludes halogenated alkanes) is 4. The molecule has 0 unspecified atom stereocenters. The molecule has 2 N–H and O–H groups in total. The van der Waals surface area contributed by atoms with E-state index in [1.54, 1.807) is 0 Å². The smallest absolute Gasteiger partial charge is 0.277 e. The second-order valence-corrected chi connectivity index (χ2v) is 3.76. The van der Waals surface area contributed by atoms with Crippen LogP contribution in [-0.2, 0) is 26.5 Å². The number of hydrogen-bond donors (Lipinski definition) is 2. The van der Waals surface area contributed by atoms with Crippen LogP contribution in [0.15, 0.2) is 0 Å². The van der Waals surface area contributed by atoms with Gasteiger partial charge >= 0.3 is 0 Å². The molecule has 0 rings (SSSR count). The third-order valence-electron chi connectivity index (χ3n) is 2.14. The van der Waals surface area contributed by atoms with Crippen molar-refractivity contribution in [2.75, 3.05) is 6.61 Å². The predicted molar refractivity (Wildman–Crippen MR) is 56.8 cm³/mol. The molecule has 0 aromatic rings. The van der Waals surface area contributed by atoms with Crippen LogP contribution in [0, 0.1) is 0 Å². The van der Waals surface area contributed by atoms with Crippen molar-refractivity contribution in [3.05, 3.63) is 0 Å². The number of aliphatic hydroxyl groups is 2. The Hall–Kier alpha value is 0.594. The van der Waals surface area contributed by atoms with Gasteiger partial charge in [0.15, 0.2) is 0 Å². The van der Waals surface area contributed by atoms with Crippen molar-refractivity contribution in [1.29, 1.82) is 0 Å². The van der Waals surface area contributed by atoms with E-state index in [1.165, 1.54) is 19.3 Å². The molecule has 0 saturated heterocycles.